The molecule has 1 unspecified atom stereocenters. The van der Waals surface area contributed by atoms with Gasteiger partial charge in [-0.25, -0.2) is 0 Å². The normalized spacial score (nSPS) is 25.3. The summed E-state index contributed by atoms with van der Waals surface area (Å²) in [6, 6.07) is 9.19. The van der Waals surface area contributed by atoms with Crippen LogP contribution in [0, 0.1) is 11.8 Å². The van der Waals surface area contributed by atoms with E-state index in [9.17, 15) is 13.7 Å². The first-order valence-corrected chi connectivity index (χ1v) is 10.1. The molecule has 120 valence electrons. The van der Waals surface area contributed by atoms with E-state index in [0.717, 1.165) is 4.46 Å². The number of aliphatic hydroxyl groups excluding tert-OH is 1. The van der Waals surface area contributed by atoms with Gasteiger partial charge in [0.2, 0.25) is 0 Å². The van der Waals surface area contributed by atoms with Crippen LogP contribution in [0.15, 0.2) is 43.0 Å². The monoisotopic (exact) mass is 370 g/mol. The SMILES string of the molecule is C=CC[C@H]1COC(=O)[C@@H]1[C@@H](O)[C@@H](CC)[Se](=O)c1ccccc1. The van der Waals surface area contributed by atoms with E-state index < -0.39 is 30.7 Å². The molecule has 1 aromatic carbocycles. The van der Waals surface area contributed by atoms with Crippen LogP contribution in [0.1, 0.15) is 19.8 Å². The van der Waals surface area contributed by atoms with Crippen LogP contribution in [0.4, 0.5) is 0 Å². The fraction of sp³-hybridized carbons (Fsp3) is 0.471. The average Bonchev–Trinajstić information content (AvgIpc) is 2.89. The van der Waals surface area contributed by atoms with Crippen molar-refractivity contribution in [2.75, 3.05) is 6.61 Å². The Labute approximate surface area is 135 Å². The molecule has 1 saturated heterocycles. The summed E-state index contributed by atoms with van der Waals surface area (Å²) in [7, 11) is 0. The zero-order chi connectivity index (χ0) is 16.1. The maximum absolute atomic E-state index is 12.8. The van der Waals surface area contributed by atoms with Gasteiger partial charge in [0, 0.05) is 0 Å². The van der Waals surface area contributed by atoms with Crippen molar-refractivity contribution in [1.82, 2.24) is 0 Å². The Bertz CT molecular complexity index is 543. The number of allylic oxidation sites excluding steroid dienone is 1. The van der Waals surface area contributed by atoms with Crippen molar-refractivity contribution in [2.45, 2.75) is 30.7 Å². The van der Waals surface area contributed by atoms with E-state index in [1.54, 1.807) is 6.08 Å². The second-order valence-corrected chi connectivity index (χ2v) is 9.00. The van der Waals surface area contributed by atoms with Crippen LogP contribution >= 0.6 is 0 Å². The quantitative estimate of drug-likeness (QED) is 0.453. The summed E-state index contributed by atoms with van der Waals surface area (Å²) in [5.41, 5.74) is 0. The van der Waals surface area contributed by atoms with Crippen LogP contribution < -0.4 is 4.46 Å². The van der Waals surface area contributed by atoms with Gasteiger partial charge in [-0.3, -0.25) is 0 Å². The molecule has 1 aliphatic rings. The first kappa shape index (κ1) is 17.1. The Morgan fingerprint density at radius 3 is 2.73 bits per heavy atom. The average molecular weight is 369 g/mol. The number of carbonyl (C=O) groups excluding carboxylic acids is 1. The van der Waals surface area contributed by atoms with Gasteiger partial charge >= 0.3 is 135 Å². The van der Waals surface area contributed by atoms with Gasteiger partial charge in [0.15, 0.2) is 0 Å². The van der Waals surface area contributed by atoms with E-state index in [1.165, 1.54) is 0 Å². The molecule has 0 spiro atoms. The van der Waals surface area contributed by atoms with Crippen molar-refractivity contribution < 1.29 is 18.5 Å². The molecule has 1 N–H and O–H groups in total. The number of hydrogen-bond donors (Lipinski definition) is 1. The molecule has 5 heteroatoms. The van der Waals surface area contributed by atoms with Crippen LogP contribution in [0.5, 0.6) is 0 Å². The summed E-state index contributed by atoms with van der Waals surface area (Å²) < 4.78 is 18.7. The van der Waals surface area contributed by atoms with Crippen LogP contribution in [0.2, 0.25) is 4.82 Å². The third-order valence-electron chi connectivity index (χ3n) is 4.09. The number of benzene rings is 1. The van der Waals surface area contributed by atoms with E-state index in [0.29, 0.717) is 19.4 Å². The fourth-order valence-electron chi connectivity index (χ4n) is 2.91. The predicted molar refractivity (Wildman–Crippen MR) is 85.3 cm³/mol. The molecular formula is C17H22O4Se. The van der Waals surface area contributed by atoms with Crippen molar-refractivity contribution in [1.29, 1.82) is 0 Å². The molecule has 0 aromatic heterocycles. The summed E-state index contributed by atoms with van der Waals surface area (Å²) >= 11 is -2.44. The van der Waals surface area contributed by atoms with Crippen molar-refractivity contribution in [3.63, 3.8) is 0 Å². The molecule has 1 aliphatic heterocycles. The van der Waals surface area contributed by atoms with E-state index in [1.807, 2.05) is 37.3 Å². The fourth-order valence-corrected chi connectivity index (χ4v) is 6.06. The van der Waals surface area contributed by atoms with Crippen LogP contribution in [-0.4, -0.2) is 37.6 Å². The molecule has 1 aromatic rings. The molecule has 0 bridgehead atoms. The molecular weight excluding hydrogens is 347 g/mol. The summed E-state index contributed by atoms with van der Waals surface area (Å²) in [4.78, 5) is 11.6. The molecule has 1 heterocycles. The Morgan fingerprint density at radius 1 is 1.45 bits per heavy atom. The Kier molecular flexibility index (Phi) is 6.06. The summed E-state index contributed by atoms with van der Waals surface area (Å²) in [6.07, 6.45) is 1.97. The van der Waals surface area contributed by atoms with Gasteiger partial charge in [-0.15, -0.1) is 0 Å². The molecule has 0 radical (unpaired) electrons. The zero-order valence-corrected chi connectivity index (χ0v) is 14.4. The molecule has 5 atom stereocenters. The third kappa shape index (κ3) is 3.54. The molecule has 4 nitrogen and oxygen atoms in total. The topological polar surface area (TPSA) is 63.6 Å². The van der Waals surface area contributed by atoms with Gasteiger partial charge in [0.1, 0.15) is 0 Å². The van der Waals surface area contributed by atoms with Gasteiger partial charge in [0.05, 0.1) is 0 Å². The zero-order valence-electron chi connectivity index (χ0n) is 12.7. The Balaban J connectivity index is 2.20. The number of hydrogen-bond acceptors (Lipinski definition) is 4. The van der Waals surface area contributed by atoms with E-state index in [4.69, 9.17) is 4.74 Å². The number of rotatable bonds is 7. The number of carbonyl (C=O) groups is 1. The van der Waals surface area contributed by atoms with Crippen molar-refractivity contribution >= 4 is 24.3 Å². The summed E-state index contributed by atoms with van der Waals surface area (Å²) in [5, 5.41) is 10.7. The molecule has 0 saturated carbocycles. The summed E-state index contributed by atoms with van der Waals surface area (Å²) in [5.74, 6) is -1.07. The number of ether oxygens (including phenoxy) is 1. The minimum atomic E-state index is -2.44. The van der Waals surface area contributed by atoms with Crippen LogP contribution in [-0.2, 0) is 13.4 Å². The summed E-state index contributed by atoms with van der Waals surface area (Å²) in [6.45, 7) is 5.89. The number of aliphatic hydroxyl groups is 1. The van der Waals surface area contributed by atoms with Gasteiger partial charge in [-0.1, -0.05) is 0 Å². The van der Waals surface area contributed by atoms with E-state index in [-0.39, 0.29) is 11.9 Å². The standard InChI is InChI=1S/C17H22O4Se/c1-3-8-12-11-21-17(19)15(12)16(18)14(4-2)22(20)13-9-6-5-7-10-13/h3,5-7,9-10,12,14-16,18H,1,4,8,11H2,2H3/t12-,14+,15-,16-,22?/m0/s1. The molecule has 1 fully saturated rings. The van der Waals surface area contributed by atoms with Crippen LogP contribution in [0.25, 0.3) is 0 Å². The first-order chi connectivity index (χ1) is 10.6. The molecule has 0 aliphatic carbocycles. The van der Waals surface area contributed by atoms with Gasteiger partial charge in [-0.05, 0) is 0 Å². The maximum atomic E-state index is 12.8. The van der Waals surface area contributed by atoms with Crippen molar-refractivity contribution in [3.05, 3.63) is 43.0 Å². The molecule has 0 amide bonds. The van der Waals surface area contributed by atoms with Crippen molar-refractivity contribution in [3.8, 4) is 0 Å². The predicted octanol–water partition coefficient (Wildman–Crippen LogP) is 1.82. The van der Waals surface area contributed by atoms with Crippen molar-refractivity contribution in [2.24, 2.45) is 11.8 Å². The first-order valence-electron chi connectivity index (χ1n) is 7.51. The van der Waals surface area contributed by atoms with Gasteiger partial charge in [0.25, 0.3) is 0 Å². The second-order valence-electron chi connectivity index (χ2n) is 5.49. The Morgan fingerprint density at radius 2 is 2.14 bits per heavy atom. The molecule has 22 heavy (non-hydrogen) atoms. The van der Waals surface area contributed by atoms with E-state index in [2.05, 4.69) is 6.58 Å². The van der Waals surface area contributed by atoms with Gasteiger partial charge < -0.3 is 0 Å². The Hall–Kier alpha value is -1.29. The van der Waals surface area contributed by atoms with Crippen LogP contribution in [0.3, 0.4) is 0 Å². The van der Waals surface area contributed by atoms with Gasteiger partial charge in [-0.2, -0.15) is 0 Å². The molecule has 2 rings (SSSR count). The minimum absolute atomic E-state index is 0.0800. The number of esters is 1. The van der Waals surface area contributed by atoms with E-state index >= 15 is 0 Å². The second kappa shape index (κ2) is 7.82. The third-order valence-corrected chi connectivity index (χ3v) is 8.07. The number of cyclic esters (lactones) is 1.